The van der Waals surface area contributed by atoms with E-state index in [1.165, 1.54) is 6.92 Å². The van der Waals surface area contributed by atoms with Crippen LogP contribution >= 0.6 is 0 Å². The van der Waals surface area contributed by atoms with Gasteiger partial charge < -0.3 is 18.7 Å². The highest BCUT2D eigenvalue weighted by Gasteiger charge is 2.42. The first-order chi connectivity index (χ1) is 13.4. The van der Waals surface area contributed by atoms with Crippen LogP contribution < -0.4 is 8.85 Å². The molecule has 0 fully saturated rings. The molecule has 0 aromatic heterocycles. The Morgan fingerprint density at radius 2 is 1.40 bits per heavy atom. The van der Waals surface area contributed by atoms with Crippen molar-refractivity contribution in [3.63, 3.8) is 0 Å². The van der Waals surface area contributed by atoms with Gasteiger partial charge in [0.2, 0.25) is 0 Å². The maximum Gasteiger partial charge on any atom is 0.302 e. The van der Waals surface area contributed by atoms with E-state index in [0.717, 1.165) is 17.1 Å². The number of hydrogen-bond donors (Lipinski definition) is 1. The van der Waals surface area contributed by atoms with E-state index in [9.17, 15) is 9.90 Å². The van der Waals surface area contributed by atoms with Gasteiger partial charge in [0.05, 0.1) is 6.61 Å². The molecule has 0 saturated carbocycles. The largest absolute Gasteiger partial charge is 0.541 e. The maximum absolute atomic E-state index is 11.3. The molecule has 0 aliphatic heterocycles. The van der Waals surface area contributed by atoms with Crippen molar-refractivity contribution in [3.05, 3.63) is 23.8 Å². The van der Waals surface area contributed by atoms with Crippen molar-refractivity contribution in [3.8, 4) is 11.5 Å². The lowest BCUT2D eigenvalue weighted by Gasteiger charge is -2.39. The summed E-state index contributed by atoms with van der Waals surface area (Å²) in [6.45, 7) is 23.3. The van der Waals surface area contributed by atoms with E-state index in [0.29, 0.717) is 6.42 Å². The minimum atomic E-state index is -2.10. The molecule has 5 nitrogen and oxygen atoms in total. The number of ether oxygens (including phenoxy) is 1. The number of esters is 1. The normalized spacial score (nSPS) is 14.3. The minimum Gasteiger partial charge on any atom is -0.541 e. The molecule has 1 atom stereocenters. The van der Waals surface area contributed by atoms with Crippen LogP contribution in [0.1, 0.15) is 54.0 Å². The van der Waals surface area contributed by atoms with E-state index in [-0.39, 0.29) is 16.7 Å². The van der Waals surface area contributed by atoms with Crippen LogP contribution in [-0.4, -0.2) is 40.4 Å². The molecule has 0 aliphatic rings. The number of carbonyl (C=O) groups excluding carboxylic acids is 1. The summed E-state index contributed by atoms with van der Waals surface area (Å²) in [4.78, 5) is 11.3. The van der Waals surface area contributed by atoms with Crippen molar-refractivity contribution >= 4 is 22.6 Å². The van der Waals surface area contributed by atoms with E-state index < -0.39 is 28.7 Å². The molecule has 0 amide bonds. The quantitative estimate of drug-likeness (QED) is 0.390. The standard InChI is InChI=1S/C23H42O5Si2/c1-17(25)26-19(16-24)14-18-12-13-20(27-29(8,9)22(2,3)4)21(15-18)28-30(10,11)23(5,6)7/h12-13,15,19,24H,14,16H2,1-11H3. The molecule has 1 aromatic rings. The zero-order valence-electron chi connectivity index (χ0n) is 20.8. The average molecular weight is 455 g/mol. The number of benzene rings is 1. The molecule has 0 heterocycles. The highest BCUT2D eigenvalue weighted by Crippen LogP contribution is 2.43. The van der Waals surface area contributed by atoms with E-state index in [2.05, 4.69) is 67.7 Å². The molecule has 0 saturated heterocycles. The Bertz CT molecular complexity index is 730. The van der Waals surface area contributed by atoms with Gasteiger partial charge in [-0.2, -0.15) is 0 Å². The smallest absolute Gasteiger partial charge is 0.302 e. The van der Waals surface area contributed by atoms with Crippen molar-refractivity contribution in [2.75, 3.05) is 6.61 Å². The molecule has 1 rings (SSSR count). The first-order valence-electron chi connectivity index (χ1n) is 10.7. The van der Waals surface area contributed by atoms with Crippen LogP contribution in [0.4, 0.5) is 0 Å². The highest BCUT2D eigenvalue weighted by atomic mass is 28.4. The Hall–Kier alpha value is -1.32. The number of aliphatic hydroxyl groups is 1. The van der Waals surface area contributed by atoms with Gasteiger partial charge in [0.1, 0.15) is 17.6 Å². The monoisotopic (exact) mass is 454 g/mol. The Morgan fingerprint density at radius 1 is 0.933 bits per heavy atom. The fraction of sp³-hybridized carbons (Fsp3) is 0.696. The second kappa shape index (κ2) is 9.44. The lowest BCUT2D eigenvalue weighted by Crippen LogP contribution is -2.45. The molecular weight excluding hydrogens is 412 g/mol. The van der Waals surface area contributed by atoms with Gasteiger partial charge in [0.25, 0.3) is 16.6 Å². The van der Waals surface area contributed by atoms with Crippen molar-refractivity contribution < 1.29 is 23.5 Å². The zero-order chi connectivity index (χ0) is 23.5. The molecule has 30 heavy (non-hydrogen) atoms. The third-order valence-corrected chi connectivity index (χ3v) is 15.0. The predicted octanol–water partition coefficient (Wildman–Crippen LogP) is 5.92. The average Bonchev–Trinajstić information content (AvgIpc) is 2.53. The van der Waals surface area contributed by atoms with Gasteiger partial charge in [0, 0.05) is 13.3 Å². The zero-order valence-corrected chi connectivity index (χ0v) is 22.8. The molecule has 7 heteroatoms. The fourth-order valence-corrected chi connectivity index (χ4v) is 4.38. The summed E-state index contributed by atoms with van der Waals surface area (Å²) in [6.07, 6.45) is -0.153. The third-order valence-electron chi connectivity index (χ3n) is 6.35. The van der Waals surface area contributed by atoms with Crippen LogP contribution in [-0.2, 0) is 16.0 Å². The van der Waals surface area contributed by atoms with Gasteiger partial charge in [-0.25, -0.2) is 0 Å². The lowest BCUT2D eigenvalue weighted by atomic mass is 10.1. The fourth-order valence-electron chi connectivity index (χ4n) is 2.34. The summed E-state index contributed by atoms with van der Waals surface area (Å²) >= 11 is 0. The van der Waals surface area contributed by atoms with Crippen molar-refractivity contribution in [1.82, 2.24) is 0 Å². The SMILES string of the molecule is CC(=O)OC(CO)Cc1ccc(O[Si](C)(C)C(C)(C)C)c(O[Si](C)(C)C(C)(C)C)c1. The molecule has 1 unspecified atom stereocenters. The summed E-state index contributed by atoms with van der Waals surface area (Å²) in [5.41, 5.74) is 0.937. The second-order valence-electron chi connectivity index (χ2n) is 11.1. The molecule has 1 aromatic carbocycles. The van der Waals surface area contributed by atoms with Crippen LogP contribution in [0.3, 0.4) is 0 Å². The topological polar surface area (TPSA) is 65.0 Å². The van der Waals surface area contributed by atoms with Crippen molar-refractivity contribution in [2.24, 2.45) is 0 Å². The third kappa shape index (κ3) is 7.13. The summed E-state index contributed by atoms with van der Waals surface area (Å²) in [5.74, 6) is 1.11. The van der Waals surface area contributed by atoms with Gasteiger partial charge in [-0.3, -0.25) is 4.79 Å². The van der Waals surface area contributed by atoms with E-state index in [1.54, 1.807) is 0 Å². The van der Waals surface area contributed by atoms with Crippen LogP contribution in [0, 0.1) is 0 Å². The summed E-state index contributed by atoms with van der Waals surface area (Å²) in [5, 5.41) is 9.69. The molecule has 0 spiro atoms. The lowest BCUT2D eigenvalue weighted by molar-refractivity contribution is -0.148. The van der Waals surface area contributed by atoms with Crippen molar-refractivity contribution in [1.29, 1.82) is 0 Å². The molecular formula is C23H42O5Si2. The van der Waals surface area contributed by atoms with Crippen LogP contribution in [0.25, 0.3) is 0 Å². The van der Waals surface area contributed by atoms with E-state index in [4.69, 9.17) is 13.6 Å². The van der Waals surface area contributed by atoms with E-state index in [1.807, 2.05) is 18.2 Å². The summed E-state index contributed by atoms with van der Waals surface area (Å²) in [6, 6.07) is 5.91. The van der Waals surface area contributed by atoms with Gasteiger partial charge in [-0.15, -0.1) is 0 Å². The van der Waals surface area contributed by atoms with Gasteiger partial charge in [-0.1, -0.05) is 47.6 Å². The minimum absolute atomic E-state index is 0.0443. The molecule has 172 valence electrons. The Labute approximate surface area is 185 Å². The maximum atomic E-state index is 11.3. The predicted molar refractivity (Wildman–Crippen MR) is 128 cm³/mol. The first-order valence-corrected chi connectivity index (χ1v) is 16.5. The number of aliphatic hydroxyl groups excluding tert-OH is 1. The highest BCUT2D eigenvalue weighted by molar-refractivity contribution is 6.75. The molecule has 0 bridgehead atoms. The number of rotatable bonds is 8. The number of hydrogen-bond acceptors (Lipinski definition) is 5. The number of carbonyl (C=O) groups is 1. The molecule has 0 aliphatic carbocycles. The summed E-state index contributed by atoms with van der Waals surface area (Å²) < 4.78 is 18.5. The van der Waals surface area contributed by atoms with Crippen LogP contribution in [0.15, 0.2) is 18.2 Å². The van der Waals surface area contributed by atoms with Crippen LogP contribution in [0.2, 0.25) is 36.3 Å². The first kappa shape index (κ1) is 26.7. The Balaban J connectivity index is 3.36. The summed E-state index contributed by atoms with van der Waals surface area (Å²) in [7, 11) is -4.15. The van der Waals surface area contributed by atoms with E-state index >= 15 is 0 Å². The second-order valence-corrected chi connectivity index (χ2v) is 20.6. The Morgan fingerprint density at radius 3 is 1.80 bits per heavy atom. The Kier molecular flexibility index (Phi) is 8.41. The van der Waals surface area contributed by atoms with Gasteiger partial charge in [0.15, 0.2) is 0 Å². The van der Waals surface area contributed by atoms with Crippen LogP contribution in [0.5, 0.6) is 11.5 Å². The van der Waals surface area contributed by atoms with Crippen molar-refractivity contribution in [2.45, 2.75) is 97.3 Å². The molecule has 0 radical (unpaired) electrons. The molecule has 1 N–H and O–H groups in total. The van der Waals surface area contributed by atoms with Gasteiger partial charge >= 0.3 is 5.97 Å². The van der Waals surface area contributed by atoms with Gasteiger partial charge in [-0.05, 0) is 54.0 Å².